The fraction of sp³-hybridized carbons (Fsp3) is 0.300. The number of methoxy groups -OCH3 is 1. The Kier molecular flexibility index (Phi) is 5.41. The maximum Gasteiger partial charge on any atom is 0.328 e. The summed E-state index contributed by atoms with van der Waals surface area (Å²) in [5.74, 6) is 0.761. The number of nitrogens with zero attached hydrogens (tertiary/aromatic N) is 2. The molecule has 3 rings (SSSR count). The van der Waals surface area contributed by atoms with Crippen LogP contribution in [0.4, 0.5) is 0 Å². The quantitative estimate of drug-likeness (QED) is 0.707. The highest BCUT2D eigenvalue weighted by molar-refractivity contribution is 5.77. The van der Waals surface area contributed by atoms with E-state index in [1.165, 1.54) is 0 Å². The molecule has 0 atom stereocenters. The van der Waals surface area contributed by atoms with Crippen LogP contribution < -0.4 is 15.7 Å². The van der Waals surface area contributed by atoms with Crippen LogP contribution in [-0.2, 0) is 24.8 Å². The first-order valence-corrected chi connectivity index (χ1v) is 8.64. The summed E-state index contributed by atoms with van der Waals surface area (Å²) in [6.45, 7) is 0.935. The summed E-state index contributed by atoms with van der Waals surface area (Å²) in [6, 6.07) is 15.4. The number of para-hydroxylation sites is 2. The topological polar surface area (TPSA) is 65.3 Å². The second kappa shape index (κ2) is 7.91. The van der Waals surface area contributed by atoms with Crippen molar-refractivity contribution in [2.75, 3.05) is 13.7 Å². The van der Waals surface area contributed by atoms with Crippen molar-refractivity contribution in [3.05, 3.63) is 64.6 Å². The maximum atomic E-state index is 12.3. The van der Waals surface area contributed by atoms with E-state index in [2.05, 4.69) is 5.32 Å². The zero-order valence-electron chi connectivity index (χ0n) is 15.1. The van der Waals surface area contributed by atoms with Crippen molar-refractivity contribution in [3.8, 4) is 5.75 Å². The van der Waals surface area contributed by atoms with Crippen LogP contribution in [0, 0.1) is 0 Å². The third-order valence-corrected chi connectivity index (χ3v) is 4.51. The molecule has 0 radical (unpaired) electrons. The molecule has 3 aromatic rings. The summed E-state index contributed by atoms with van der Waals surface area (Å²) in [5.41, 5.74) is 2.76. The van der Waals surface area contributed by atoms with Gasteiger partial charge in [0.15, 0.2) is 0 Å². The molecule has 0 spiro atoms. The molecule has 0 bridgehead atoms. The number of amides is 1. The van der Waals surface area contributed by atoms with Crippen molar-refractivity contribution in [1.82, 2.24) is 14.5 Å². The molecule has 0 aliphatic rings. The van der Waals surface area contributed by atoms with Gasteiger partial charge in [0, 0.05) is 26.6 Å². The zero-order valence-corrected chi connectivity index (χ0v) is 15.1. The molecule has 0 aliphatic carbocycles. The van der Waals surface area contributed by atoms with Crippen LogP contribution in [-0.4, -0.2) is 28.7 Å². The minimum Gasteiger partial charge on any atom is -0.497 e. The van der Waals surface area contributed by atoms with E-state index < -0.39 is 0 Å². The number of hydrogen-bond acceptors (Lipinski definition) is 3. The summed E-state index contributed by atoms with van der Waals surface area (Å²) in [7, 11) is 3.38. The Morgan fingerprint density at radius 2 is 1.77 bits per heavy atom. The van der Waals surface area contributed by atoms with Gasteiger partial charge in [0.05, 0.1) is 18.1 Å². The van der Waals surface area contributed by atoms with Crippen LogP contribution in [0.2, 0.25) is 0 Å². The molecule has 1 N–H and O–H groups in total. The summed E-state index contributed by atoms with van der Waals surface area (Å²) < 4.78 is 8.39. The molecule has 6 nitrogen and oxygen atoms in total. The Bertz CT molecular complexity index is 955. The van der Waals surface area contributed by atoms with E-state index in [4.69, 9.17) is 4.74 Å². The van der Waals surface area contributed by atoms with Gasteiger partial charge >= 0.3 is 5.69 Å². The van der Waals surface area contributed by atoms with E-state index in [0.717, 1.165) is 28.8 Å². The predicted octanol–water partition coefficient (Wildman–Crippen LogP) is 2.10. The summed E-state index contributed by atoms with van der Waals surface area (Å²) in [4.78, 5) is 24.4. The Labute approximate surface area is 152 Å². The number of carbonyl (C=O) groups is 1. The third kappa shape index (κ3) is 3.79. The molecule has 0 aliphatic heterocycles. The molecular formula is C20H23N3O3. The molecule has 0 saturated heterocycles. The number of benzene rings is 2. The van der Waals surface area contributed by atoms with Crippen molar-refractivity contribution in [2.45, 2.75) is 19.4 Å². The first kappa shape index (κ1) is 17.8. The number of hydrogen-bond donors (Lipinski definition) is 1. The number of aryl methyl sites for hydroxylation is 2. The molecule has 1 heterocycles. The van der Waals surface area contributed by atoms with Crippen LogP contribution in [0.1, 0.15) is 12.0 Å². The summed E-state index contributed by atoms with van der Waals surface area (Å²) >= 11 is 0. The number of ether oxygens (including phenoxy) is 1. The van der Waals surface area contributed by atoms with E-state index in [9.17, 15) is 9.59 Å². The van der Waals surface area contributed by atoms with E-state index in [0.29, 0.717) is 13.1 Å². The van der Waals surface area contributed by atoms with Gasteiger partial charge in [-0.3, -0.25) is 13.9 Å². The number of aromatic nitrogens is 2. The lowest BCUT2D eigenvalue weighted by molar-refractivity contribution is -0.121. The first-order chi connectivity index (χ1) is 12.6. The minimum atomic E-state index is -0.0998. The second-order valence-electron chi connectivity index (χ2n) is 6.18. The summed E-state index contributed by atoms with van der Waals surface area (Å²) in [6.07, 6.45) is 1.03. The molecule has 1 aromatic heterocycles. The van der Waals surface area contributed by atoms with Gasteiger partial charge in [-0.2, -0.15) is 0 Å². The largest absolute Gasteiger partial charge is 0.497 e. The number of carbonyl (C=O) groups excluding carboxylic acids is 1. The Hall–Kier alpha value is -3.02. The van der Waals surface area contributed by atoms with Gasteiger partial charge in [-0.15, -0.1) is 0 Å². The number of nitrogens with one attached hydrogen (secondary N) is 1. The molecule has 0 fully saturated rings. The molecular weight excluding hydrogens is 330 g/mol. The lowest BCUT2D eigenvalue weighted by atomic mass is 10.1. The van der Waals surface area contributed by atoms with Gasteiger partial charge in [0.1, 0.15) is 5.75 Å². The number of imidazole rings is 1. The third-order valence-electron chi connectivity index (χ3n) is 4.51. The highest BCUT2D eigenvalue weighted by Crippen LogP contribution is 2.12. The van der Waals surface area contributed by atoms with Crippen molar-refractivity contribution in [2.24, 2.45) is 7.05 Å². The van der Waals surface area contributed by atoms with E-state index in [-0.39, 0.29) is 18.0 Å². The molecule has 136 valence electrons. The van der Waals surface area contributed by atoms with E-state index >= 15 is 0 Å². The van der Waals surface area contributed by atoms with Crippen LogP contribution in [0.5, 0.6) is 5.75 Å². The minimum absolute atomic E-state index is 0.0571. The van der Waals surface area contributed by atoms with Crippen LogP contribution >= 0.6 is 0 Å². The van der Waals surface area contributed by atoms with Gasteiger partial charge in [-0.05, 0) is 36.2 Å². The molecule has 0 unspecified atom stereocenters. The molecule has 6 heteroatoms. The molecule has 0 saturated carbocycles. The average Bonchev–Trinajstić information content (AvgIpc) is 2.91. The average molecular weight is 353 g/mol. The van der Waals surface area contributed by atoms with E-state index in [1.54, 1.807) is 23.3 Å². The van der Waals surface area contributed by atoms with Gasteiger partial charge in [-0.25, -0.2) is 4.79 Å². The highest BCUT2D eigenvalue weighted by atomic mass is 16.5. The van der Waals surface area contributed by atoms with Gasteiger partial charge < -0.3 is 10.1 Å². The fourth-order valence-electron chi connectivity index (χ4n) is 3.02. The van der Waals surface area contributed by atoms with Crippen molar-refractivity contribution < 1.29 is 9.53 Å². The highest BCUT2D eigenvalue weighted by Gasteiger charge is 2.11. The second-order valence-corrected chi connectivity index (χ2v) is 6.18. The number of fused-ring (bicyclic) bond motifs is 1. The van der Waals surface area contributed by atoms with Crippen LogP contribution in [0.25, 0.3) is 11.0 Å². The first-order valence-electron chi connectivity index (χ1n) is 8.64. The monoisotopic (exact) mass is 353 g/mol. The lowest BCUT2D eigenvalue weighted by Gasteiger charge is -2.07. The predicted molar refractivity (Wildman–Crippen MR) is 102 cm³/mol. The van der Waals surface area contributed by atoms with Gasteiger partial charge in [0.25, 0.3) is 0 Å². The normalized spacial score (nSPS) is 10.8. The zero-order chi connectivity index (χ0) is 18.5. The molecule has 1 amide bonds. The van der Waals surface area contributed by atoms with Crippen molar-refractivity contribution >= 4 is 16.9 Å². The van der Waals surface area contributed by atoms with Crippen molar-refractivity contribution in [3.63, 3.8) is 0 Å². The standard InChI is InChI=1S/C20H23N3O3/c1-22-17-5-3-4-6-18(17)23(20(22)25)14-12-19(24)21-13-11-15-7-9-16(26-2)10-8-15/h3-10H,11-14H2,1-2H3,(H,21,24). The van der Waals surface area contributed by atoms with Crippen molar-refractivity contribution in [1.29, 1.82) is 0 Å². The van der Waals surface area contributed by atoms with Crippen LogP contribution in [0.15, 0.2) is 53.3 Å². The Morgan fingerprint density at radius 1 is 1.08 bits per heavy atom. The SMILES string of the molecule is COc1ccc(CCNC(=O)CCn2c(=O)n(C)c3ccccc32)cc1. The fourth-order valence-corrected chi connectivity index (χ4v) is 3.02. The number of rotatable bonds is 7. The Morgan fingerprint density at radius 3 is 2.46 bits per heavy atom. The van der Waals surface area contributed by atoms with E-state index in [1.807, 2.05) is 48.5 Å². The lowest BCUT2D eigenvalue weighted by Crippen LogP contribution is -2.29. The van der Waals surface area contributed by atoms with Crippen LogP contribution in [0.3, 0.4) is 0 Å². The Balaban J connectivity index is 1.53. The van der Waals surface area contributed by atoms with Gasteiger partial charge in [-0.1, -0.05) is 24.3 Å². The molecule has 2 aromatic carbocycles. The molecule has 26 heavy (non-hydrogen) atoms. The smallest absolute Gasteiger partial charge is 0.328 e. The maximum absolute atomic E-state index is 12.3. The van der Waals surface area contributed by atoms with Gasteiger partial charge in [0.2, 0.25) is 5.91 Å². The summed E-state index contributed by atoms with van der Waals surface area (Å²) in [5, 5.41) is 2.91.